The van der Waals surface area contributed by atoms with E-state index in [1.807, 2.05) is 18.7 Å². The van der Waals surface area contributed by atoms with Crippen molar-refractivity contribution in [3.63, 3.8) is 0 Å². The van der Waals surface area contributed by atoms with Crippen LogP contribution in [0.2, 0.25) is 0 Å². The molecule has 1 aliphatic heterocycles. The van der Waals surface area contributed by atoms with Gasteiger partial charge in [-0.2, -0.15) is 0 Å². The molecular formula is C17H30N2O3. The predicted molar refractivity (Wildman–Crippen MR) is 85.2 cm³/mol. The van der Waals surface area contributed by atoms with E-state index < -0.39 is 5.60 Å². The monoisotopic (exact) mass is 310 g/mol. The normalized spacial score (nSPS) is 22.6. The van der Waals surface area contributed by atoms with Gasteiger partial charge in [-0.3, -0.25) is 9.59 Å². The lowest BCUT2D eigenvalue weighted by Gasteiger charge is -2.35. The maximum Gasteiger partial charge on any atom is 0.225 e. The highest BCUT2D eigenvalue weighted by Crippen LogP contribution is 2.27. The molecule has 0 bridgehead atoms. The van der Waals surface area contributed by atoms with Crippen LogP contribution in [0, 0.1) is 11.8 Å². The van der Waals surface area contributed by atoms with Crippen molar-refractivity contribution in [3.05, 3.63) is 0 Å². The SMILES string of the molecule is CC(C)C(=O)N1CCC(C(=O)NCC2(O)CCCCC2)CC1. The molecule has 22 heavy (non-hydrogen) atoms. The minimum atomic E-state index is -0.706. The number of carbonyl (C=O) groups excluding carboxylic acids is 2. The first-order chi connectivity index (χ1) is 10.4. The molecule has 0 aromatic carbocycles. The molecule has 2 N–H and O–H groups in total. The number of carbonyl (C=O) groups is 2. The number of hydrogen-bond donors (Lipinski definition) is 2. The maximum atomic E-state index is 12.3. The molecule has 0 aromatic heterocycles. The number of piperidine rings is 1. The fourth-order valence-electron chi connectivity index (χ4n) is 3.51. The van der Waals surface area contributed by atoms with Crippen molar-refractivity contribution in [1.82, 2.24) is 10.2 Å². The number of hydrogen-bond acceptors (Lipinski definition) is 3. The summed E-state index contributed by atoms with van der Waals surface area (Å²) < 4.78 is 0. The Balaban J connectivity index is 1.74. The standard InChI is InChI=1S/C17H30N2O3/c1-13(2)16(21)19-10-6-14(7-11-19)15(20)18-12-17(22)8-4-3-5-9-17/h13-14,22H,3-12H2,1-2H3,(H,18,20). The fraction of sp³-hybridized carbons (Fsp3) is 0.882. The van der Waals surface area contributed by atoms with Gasteiger partial charge in [-0.15, -0.1) is 0 Å². The zero-order valence-electron chi connectivity index (χ0n) is 13.9. The third kappa shape index (κ3) is 4.45. The smallest absolute Gasteiger partial charge is 0.225 e. The van der Waals surface area contributed by atoms with Crippen LogP contribution in [0.5, 0.6) is 0 Å². The van der Waals surface area contributed by atoms with Crippen LogP contribution in [0.4, 0.5) is 0 Å². The minimum Gasteiger partial charge on any atom is -0.388 e. The third-order valence-corrected chi connectivity index (χ3v) is 5.05. The highest BCUT2D eigenvalue weighted by Gasteiger charge is 2.32. The van der Waals surface area contributed by atoms with Gasteiger partial charge < -0.3 is 15.3 Å². The van der Waals surface area contributed by atoms with Crippen molar-refractivity contribution in [2.24, 2.45) is 11.8 Å². The van der Waals surface area contributed by atoms with Crippen molar-refractivity contribution in [3.8, 4) is 0 Å². The summed E-state index contributed by atoms with van der Waals surface area (Å²) in [4.78, 5) is 26.1. The first-order valence-electron chi connectivity index (χ1n) is 8.70. The van der Waals surface area contributed by atoms with E-state index in [0.29, 0.717) is 19.6 Å². The third-order valence-electron chi connectivity index (χ3n) is 5.05. The van der Waals surface area contributed by atoms with Gasteiger partial charge in [0.15, 0.2) is 0 Å². The highest BCUT2D eigenvalue weighted by molar-refractivity contribution is 5.80. The topological polar surface area (TPSA) is 69.6 Å². The van der Waals surface area contributed by atoms with Crippen LogP contribution in [0.3, 0.4) is 0 Å². The Kier molecular flexibility index (Phi) is 5.84. The molecule has 2 amide bonds. The second-order valence-electron chi connectivity index (χ2n) is 7.26. The van der Waals surface area contributed by atoms with Crippen LogP contribution < -0.4 is 5.32 Å². The Hall–Kier alpha value is -1.10. The minimum absolute atomic E-state index is 0.0194. The fourth-order valence-corrected chi connectivity index (χ4v) is 3.51. The van der Waals surface area contributed by atoms with Gasteiger partial charge in [0.1, 0.15) is 0 Å². The zero-order valence-corrected chi connectivity index (χ0v) is 13.9. The predicted octanol–water partition coefficient (Wildman–Crippen LogP) is 1.69. The van der Waals surface area contributed by atoms with E-state index >= 15 is 0 Å². The molecule has 2 fully saturated rings. The number of nitrogens with zero attached hydrogens (tertiary/aromatic N) is 1. The molecule has 2 aliphatic rings. The average Bonchev–Trinajstić information content (AvgIpc) is 2.53. The molecule has 126 valence electrons. The summed E-state index contributed by atoms with van der Waals surface area (Å²) in [5.74, 6) is 0.209. The van der Waals surface area contributed by atoms with Crippen molar-refractivity contribution in [1.29, 1.82) is 0 Å². The second kappa shape index (κ2) is 7.44. The summed E-state index contributed by atoms with van der Waals surface area (Å²) in [5, 5.41) is 13.4. The van der Waals surface area contributed by atoms with Gasteiger partial charge in [-0.1, -0.05) is 33.1 Å². The van der Waals surface area contributed by atoms with E-state index in [0.717, 1.165) is 38.5 Å². The molecular weight excluding hydrogens is 280 g/mol. The van der Waals surface area contributed by atoms with Crippen LogP contribution in [-0.4, -0.2) is 47.1 Å². The Bertz CT molecular complexity index is 395. The quantitative estimate of drug-likeness (QED) is 0.830. The van der Waals surface area contributed by atoms with Crippen LogP contribution >= 0.6 is 0 Å². The molecule has 0 spiro atoms. The van der Waals surface area contributed by atoms with Crippen molar-refractivity contribution < 1.29 is 14.7 Å². The molecule has 5 nitrogen and oxygen atoms in total. The zero-order chi connectivity index (χ0) is 16.2. The Morgan fingerprint density at radius 1 is 1.18 bits per heavy atom. The Morgan fingerprint density at radius 3 is 2.32 bits per heavy atom. The molecule has 0 aromatic rings. The van der Waals surface area contributed by atoms with Crippen molar-refractivity contribution >= 4 is 11.8 Å². The molecule has 1 heterocycles. The largest absolute Gasteiger partial charge is 0.388 e. The van der Waals surface area contributed by atoms with Gasteiger partial charge in [0, 0.05) is 31.5 Å². The van der Waals surface area contributed by atoms with E-state index in [4.69, 9.17) is 0 Å². The van der Waals surface area contributed by atoms with Crippen molar-refractivity contribution in [2.45, 2.75) is 64.4 Å². The van der Waals surface area contributed by atoms with Gasteiger partial charge in [-0.05, 0) is 25.7 Å². The maximum absolute atomic E-state index is 12.3. The van der Waals surface area contributed by atoms with Gasteiger partial charge in [0.25, 0.3) is 0 Å². The molecule has 5 heteroatoms. The summed E-state index contributed by atoms with van der Waals surface area (Å²) in [6.07, 6.45) is 6.29. The molecule has 1 saturated heterocycles. The van der Waals surface area contributed by atoms with Gasteiger partial charge in [0.05, 0.1) is 5.60 Å². The Morgan fingerprint density at radius 2 is 1.77 bits per heavy atom. The van der Waals surface area contributed by atoms with Gasteiger partial charge in [0.2, 0.25) is 11.8 Å². The molecule has 2 rings (SSSR count). The van der Waals surface area contributed by atoms with Crippen LogP contribution in [0.25, 0.3) is 0 Å². The lowest BCUT2D eigenvalue weighted by atomic mass is 9.84. The Labute approximate surface area is 133 Å². The van der Waals surface area contributed by atoms with Crippen LogP contribution in [0.15, 0.2) is 0 Å². The number of amides is 2. The number of likely N-dealkylation sites (tertiary alicyclic amines) is 1. The van der Waals surface area contributed by atoms with E-state index in [1.165, 1.54) is 6.42 Å². The highest BCUT2D eigenvalue weighted by atomic mass is 16.3. The summed E-state index contributed by atoms with van der Waals surface area (Å²) in [6, 6.07) is 0. The average molecular weight is 310 g/mol. The lowest BCUT2D eigenvalue weighted by Crippen LogP contribution is -2.48. The number of rotatable bonds is 4. The summed E-state index contributed by atoms with van der Waals surface area (Å²) >= 11 is 0. The van der Waals surface area contributed by atoms with Gasteiger partial charge in [-0.25, -0.2) is 0 Å². The first kappa shape index (κ1) is 17.3. The van der Waals surface area contributed by atoms with Crippen molar-refractivity contribution in [2.75, 3.05) is 19.6 Å². The number of nitrogens with one attached hydrogen (secondary N) is 1. The number of aliphatic hydroxyl groups is 1. The van der Waals surface area contributed by atoms with Crippen LogP contribution in [-0.2, 0) is 9.59 Å². The molecule has 0 unspecified atom stereocenters. The summed E-state index contributed by atoms with van der Waals surface area (Å²) in [7, 11) is 0. The molecule has 0 radical (unpaired) electrons. The van der Waals surface area contributed by atoms with E-state index in [2.05, 4.69) is 5.32 Å². The van der Waals surface area contributed by atoms with E-state index in [-0.39, 0.29) is 23.7 Å². The van der Waals surface area contributed by atoms with Gasteiger partial charge >= 0.3 is 0 Å². The summed E-state index contributed by atoms with van der Waals surface area (Å²) in [6.45, 7) is 5.52. The summed E-state index contributed by atoms with van der Waals surface area (Å²) in [5.41, 5.74) is -0.706. The first-order valence-corrected chi connectivity index (χ1v) is 8.70. The van der Waals surface area contributed by atoms with E-state index in [1.54, 1.807) is 0 Å². The molecule has 1 aliphatic carbocycles. The molecule has 1 saturated carbocycles. The second-order valence-corrected chi connectivity index (χ2v) is 7.26. The van der Waals surface area contributed by atoms with Crippen LogP contribution in [0.1, 0.15) is 58.8 Å². The molecule has 0 atom stereocenters. The van der Waals surface area contributed by atoms with E-state index in [9.17, 15) is 14.7 Å². The lowest BCUT2D eigenvalue weighted by molar-refractivity contribution is -0.138.